The van der Waals surface area contributed by atoms with E-state index in [1.807, 2.05) is 0 Å². The van der Waals surface area contributed by atoms with Crippen LogP contribution in [0.4, 0.5) is 0 Å². The van der Waals surface area contributed by atoms with Crippen LogP contribution in [0.25, 0.3) is 0 Å². The molecule has 0 aliphatic carbocycles. The highest BCUT2D eigenvalue weighted by atomic mass is 16.9. The lowest BCUT2D eigenvalue weighted by molar-refractivity contribution is -0.742. The van der Waals surface area contributed by atoms with Crippen LogP contribution in [-0.2, 0) is 0 Å². The molecule has 0 bridgehead atoms. The van der Waals surface area contributed by atoms with Crippen LogP contribution in [0.2, 0.25) is 0 Å². The summed E-state index contributed by atoms with van der Waals surface area (Å²) in [6.07, 6.45) is 28.8. The average molecular weight is 431 g/mol. The van der Waals surface area contributed by atoms with E-state index in [0.29, 0.717) is 0 Å². The number of unbranched alkanes of at least 4 members (excludes halogenated alkanes) is 15. The zero-order valence-electron chi connectivity index (χ0n) is 20.6. The smallest absolute Gasteiger partial charge is 0.291 e. The maximum absolute atomic E-state index is 8.36. The highest BCUT2D eigenvalue weighted by molar-refractivity contribution is 4.84. The molecule has 3 N–H and O–H groups in total. The Hall–Kier alpha value is -0.840. The summed E-state index contributed by atoms with van der Waals surface area (Å²) in [5, 5.41) is 13.6. The van der Waals surface area contributed by atoms with Gasteiger partial charge in [0.25, 0.3) is 5.09 Å². The molecule has 0 amide bonds. The van der Waals surface area contributed by atoms with Gasteiger partial charge < -0.3 is 10.9 Å². The third kappa shape index (κ3) is 27.2. The number of rotatable bonds is 21. The van der Waals surface area contributed by atoms with Gasteiger partial charge in [0.15, 0.2) is 0 Å². The molecule has 0 aromatic heterocycles. The van der Waals surface area contributed by atoms with Crippen LogP contribution in [0.15, 0.2) is 0 Å². The molecule has 0 spiro atoms. The zero-order chi connectivity index (χ0) is 22.9. The summed E-state index contributed by atoms with van der Waals surface area (Å²) in [5.74, 6) is 0. The lowest BCUT2D eigenvalue weighted by atomic mass is 9.82. The Morgan fingerprint density at radius 1 is 0.600 bits per heavy atom. The fraction of sp³-hybridized carbons (Fsp3) is 1.00. The molecule has 0 aliphatic heterocycles. The monoisotopic (exact) mass is 430 g/mol. The largest absolute Gasteiger partial charge is 0.328 e. The van der Waals surface area contributed by atoms with Gasteiger partial charge in [0, 0.05) is 5.54 Å². The van der Waals surface area contributed by atoms with Crippen molar-refractivity contribution in [2.45, 2.75) is 161 Å². The summed E-state index contributed by atoms with van der Waals surface area (Å²) in [7, 11) is 0. The molecule has 5 heteroatoms. The Balaban J connectivity index is 0. The molecule has 0 aromatic rings. The summed E-state index contributed by atoms with van der Waals surface area (Å²) in [5.41, 5.74) is 7.06. The Morgan fingerprint density at radius 3 is 1.03 bits per heavy atom. The molecule has 30 heavy (non-hydrogen) atoms. The van der Waals surface area contributed by atoms with Crippen molar-refractivity contribution in [2.24, 2.45) is 5.73 Å². The first kappa shape index (κ1) is 31.3. The molecule has 0 unspecified atom stereocenters. The number of nitrogens with two attached hydrogens (primary N) is 1. The van der Waals surface area contributed by atoms with Crippen LogP contribution in [-0.4, -0.2) is 15.8 Å². The van der Waals surface area contributed by atoms with Crippen LogP contribution in [0.1, 0.15) is 156 Å². The van der Waals surface area contributed by atoms with Crippen molar-refractivity contribution in [2.75, 3.05) is 0 Å². The molecule has 0 saturated carbocycles. The van der Waals surface area contributed by atoms with E-state index in [4.69, 9.17) is 21.1 Å². The van der Waals surface area contributed by atoms with Crippen LogP contribution >= 0.6 is 0 Å². The van der Waals surface area contributed by atoms with Crippen molar-refractivity contribution < 1.29 is 10.3 Å². The van der Waals surface area contributed by atoms with E-state index < -0.39 is 5.09 Å². The minimum Gasteiger partial charge on any atom is -0.328 e. The minimum absolute atomic E-state index is 0.139. The zero-order valence-corrected chi connectivity index (χ0v) is 20.6. The Morgan fingerprint density at radius 2 is 0.800 bits per heavy atom. The van der Waals surface area contributed by atoms with E-state index in [9.17, 15) is 0 Å². The Labute approximate surface area is 187 Å². The lowest BCUT2D eigenvalue weighted by Crippen LogP contribution is -2.39. The predicted molar refractivity (Wildman–Crippen MR) is 130 cm³/mol. The van der Waals surface area contributed by atoms with Crippen LogP contribution in [0.5, 0.6) is 0 Å². The van der Waals surface area contributed by atoms with Crippen molar-refractivity contribution in [3.05, 3.63) is 10.1 Å². The number of hydrogen-bond acceptors (Lipinski definition) is 3. The quantitative estimate of drug-likeness (QED) is 0.108. The van der Waals surface area contributed by atoms with Gasteiger partial charge >= 0.3 is 0 Å². The first-order valence-corrected chi connectivity index (χ1v) is 13.0. The fourth-order valence-electron chi connectivity index (χ4n) is 4.15. The third-order valence-corrected chi connectivity index (χ3v) is 6.08. The molecular formula is C25H54N2O3. The van der Waals surface area contributed by atoms with E-state index in [-0.39, 0.29) is 5.54 Å². The van der Waals surface area contributed by atoms with Gasteiger partial charge in [-0.05, 0) is 19.3 Å². The van der Waals surface area contributed by atoms with Gasteiger partial charge in [0.05, 0.1) is 0 Å². The van der Waals surface area contributed by atoms with Crippen LogP contribution < -0.4 is 5.73 Å². The van der Waals surface area contributed by atoms with Crippen LogP contribution in [0.3, 0.4) is 0 Å². The normalized spacial score (nSPS) is 11.2. The second-order valence-electron chi connectivity index (χ2n) is 9.15. The fourth-order valence-corrected chi connectivity index (χ4v) is 4.15. The summed E-state index contributed by atoms with van der Waals surface area (Å²) in [6, 6.07) is 0. The van der Waals surface area contributed by atoms with Gasteiger partial charge in [-0.2, -0.15) is 0 Å². The third-order valence-electron chi connectivity index (χ3n) is 6.08. The molecule has 0 saturated heterocycles. The summed E-state index contributed by atoms with van der Waals surface area (Å²) < 4.78 is 0. The molecule has 0 radical (unpaired) electrons. The summed E-state index contributed by atoms with van der Waals surface area (Å²) in [4.78, 5) is 8.36. The highest BCUT2D eigenvalue weighted by Gasteiger charge is 2.23. The standard InChI is InChI=1S/C25H53N.HNO3/c1-4-7-10-13-16-19-22-25(26,23-20-17-14-11-8-5-2)24-21-18-15-12-9-6-3;2-1(3)4/h4-24,26H2,1-3H3;(H,2,3,4). The average Bonchev–Trinajstić information content (AvgIpc) is 2.70. The molecule has 0 rings (SSSR count). The van der Waals surface area contributed by atoms with Crippen molar-refractivity contribution in [1.29, 1.82) is 0 Å². The number of nitrogens with zero attached hydrogens (tertiary/aromatic N) is 1. The molecule has 0 heterocycles. The highest BCUT2D eigenvalue weighted by Crippen LogP contribution is 2.27. The van der Waals surface area contributed by atoms with E-state index in [2.05, 4.69) is 20.8 Å². The van der Waals surface area contributed by atoms with Gasteiger partial charge in [0.2, 0.25) is 0 Å². The number of hydrogen-bond donors (Lipinski definition) is 2. The molecular weight excluding hydrogens is 376 g/mol. The summed E-state index contributed by atoms with van der Waals surface area (Å²) >= 11 is 0. The molecule has 0 aromatic carbocycles. The SMILES string of the molecule is CCCCCCCCC(N)(CCCCCCCC)CCCCCCCC.O=[N+]([O-])O. The van der Waals surface area contributed by atoms with Crippen molar-refractivity contribution in [1.82, 2.24) is 0 Å². The van der Waals surface area contributed by atoms with E-state index >= 15 is 0 Å². The van der Waals surface area contributed by atoms with Gasteiger partial charge in [-0.3, -0.25) is 0 Å². The molecule has 5 nitrogen and oxygen atoms in total. The summed E-state index contributed by atoms with van der Waals surface area (Å²) in [6.45, 7) is 6.89. The van der Waals surface area contributed by atoms with E-state index in [0.717, 1.165) is 0 Å². The van der Waals surface area contributed by atoms with Gasteiger partial charge in [-0.1, -0.05) is 136 Å². The minimum atomic E-state index is -1.50. The van der Waals surface area contributed by atoms with Gasteiger partial charge in [0.1, 0.15) is 0 Å². The maximum Gasteiger partial charge on any atom is 0.291 e. The first-order valence-electron chi connectivity index (χ1n) is 13.0. The van der Waals surface area contributed by atoms with Gasteiger partial charge in [-0.25, -0.2) is 0 Å². The Kier molecular flexibility index (Phi) is 25.5. The lowest BCUT2D eigenvalue weighted by Gasteiger charge is -2.30. The van der Waals surface area contributed by atoms with Crippen molar-refractivity contribution in [3.8, 4) is 0 Å². The molecule has 182 valence electrons. The van der Waals surface area contributed by atoms with Gasteiger partial charge in [-0.15, -0.1) is 10.1 Å². The topological polar surface area (TPSA) is 89.4 Å². The van der Waals surface area contributed by atoms with Crippen molar-refractivity contribution in [3.63, 3.8) is 0 Å². The predicted octanol–water partition coefficient (Wildman–Crippen LogP) is 8.59. The van der Waals surface area contributed by atoms with Crippen molar-refractivity contribution >= 4 is 0 Å². The molecule has 0 aliphatic rings. The second kappa shape index (κ2) is 24.4. The van der Waals surface area contributed by atoms with E-state index in [1.165, 1.54) is 135 Å². The van der Waals surface area contributed by atoms with Crippen LogP contribution in [0, 0.1) is 10.1 Å². The maximum atomic E-state index is 8.36. The first-order chi connectivity index (χ1) is 14.4. The van der Waals surface area contributed by atoms with E-state index in [1.54, 1.807) is 0 Å². The molecule has 0 fully saturated rings. The second-order valence-corrected chi connectivity index (χ2v) is 9.15. The Bertz CT molecular complexity index is 306. The molecule has 0 atom stereocenters.